The maximum absolute atomic E-state index is 5.35. The molecule has 1 aromatic heterocycles. The molecule has 1 fully saturated rings. The summed E-state index contributed by atoms with van der Waals surface area (Å²) in [4.78, 5) is 6.36. The van der Waals surface area contributed by atoms with Gasteiger partial charge in [0.2, 0.25) is 0 Å². The molecule has 0 radical (unpaired) electrons. The van der Waals surface area contributed by atoms with E-state index in [9.17, 15) is 0 Å². The maximum Gasteiger partial charge on any atom is 0.186 e. The largest absolute Gasteiger partial charge is 0.379 e. The van der Waals surface area contributed by atoms with Crippen LogP contribution >= 0.6 is 12.2 Å². The van der Waals surface area contributed by atoms with Crippen LogP contribution in [0.3, 0.4) is 0 Å². The van der Waals surface area contributed by atoms with Crippen LogP contribution in [0.5, 0.6) is 0 Å². The fraction of sp³-hybridized carbons (Fsp3) is 0.444. The van der Waals surface area contributed by atoms with E-state index in [1.165, 1.54) is 6.33 Å². The van der Waals surface area contributed by atoms with E-state index in [-0.39, 0.29) is 0 Å². The third kappa shape index (κ3) is 6.09. The van der Waals surface area contributed by atoms with Gasteiger partial charge in [0.1, 0.15) is 12.7 Å². The first-order valence-corrected chi connectivity index (χ1v) is 9.47. The lowest BCUT2D eigenvalue weighted by Crippen LogP contribution is -2.39. The van der Waals surface area contributed by atoms with Crippen LogP contribution in [0.1, 0.15) is 18.9 Å². The third-order valence-corrected chi connectivity index (χ3v) is 4.57. The number of benzene rings is 1. The zero-order valence-electron chi connectivity index (χ0n) is 15.5. The second-order valence-corrected chi connectivity index (χ2v) is 6.67. The fourth-order valence-electron chi connectivity index (χ4n) is 2.76. The molecule has 9 heteroatoms. The molecule has 27 heavy (non-hydrogen) atoms. The van der Waals surface area contributed by atoms with Crippen molar-refractivity contribution in [3.8, 4) is 5.69 Å². The van der Waals surface area contributed by atoms with Crippen LogP contribution in [0.25, 0.3) is 5.69 Å². The fourth-order valence-corrected chi connectivity index (χ4v) is 2.91. The average molecular weight is 388 g/mol. The number of hydrogen-bond acceptors (Lipinski definition) is 6. The van der Waals surface area contributed by atoms with Gasteiger partial charge in [-0.05, 0) is 49.8 Å². The summed E-state index contributed by atoms with van der Waals surface area (Å²) in [5.41, 5.74) is 5.74. The lowest BCUT2D eigenvalue weighted by molar-refractivity contribution is 0.0376. The molecule has 1 aromatic carbocycles. The van der Waals surface area contributed by atoms with Crippen LogP contribution in [0, 0.1) is 0 Å². The Hall–Kier alpha value is -2.36. The van der Waals surface area contributed by atoms with Gasteiger partial charge in [-0.25, -0.2) is 9.67 Å². The third-order valence-electron chi connectivity index (χ3n) is 4.33. The molecule has 0 amide bonds. The molecule has 2 N–H and O–H groups in total. The number of hydrazone groups is 1. The van der Waals surface area contributed by atoms with Crippen molar-refractivity contribution in [2.45, 2.75) is 13.3 Å². The Labute approximate surface area is 164 Å². The molecule has 0 atom stereocenters. The summed E-state index contributed by atoms with van der Waals surface area (Å²) in [6.45, 7) is 7.52. The molecule has 2 aromatic rings. The Morgan fingerprint density at radius 1 is 1.26 bits per heavy atom. The van der Waals surface area contributed by atoms with Crippen molar-refractivity contribution in [2.24, 2.45) is 5.10 Å². The number of rotatable bonds is 7. The first-order valence-electron chi connectivity index (χ1n) is 9.06. The molecule has 0 spiro atoms. The Morgan fingerprint density at radius 3 is 2.74 bits per heavy atom. The zero-order chi connectivity index (χ0) is 18.9. The van der Waals surface area contributed by atoms with Gasteiger partial charge in [0.05, 0.1) is 24.6 Å². The van der Waals surface area contributed by atoms with E-state index >= 15 is 0 Å². The number of morpholine rings is 1. The number of hydrogen-bond donors (Lipinski definition) is 2. The second kappa shape index (κ2) is 10.1. The molecular formula is C18H25N7OS. The van der Waals surface area contributed by atoms with Gasteiger partial charge in [-0.3, -0.25) is 10.3 Å². The summed E-state index contributed by atoms with van der Waals surface area (Å²) in [5, 5.41) is 12.2. The molecule has 3 rings (SSSR count). The van der Waals surface area contributed by atoms with Crippen LogP contribution in [0.15, 0.2) is 42.0 Å². The number of nitrogens with one attached hydrogen (secondary N) is 2. The van der Waals surface area contributed by atoms with E-state index in [1.807, 2.05) is 31.2 Å². The summed E-state index contributed by atoms with van der Waals surface area (Å²) in [6, 6.07) is 7.95. The normalized spacial score (nSPS) is 15.5. The van der Waals surface area contributed by atoms with Crippen molar-refractivity contribution in [1.82, 2.24) is 30.4 Å². The maximum atomic E-state index is 5.35. The summed E-state index contributed by atoms with van der Waals surface area (Å²) < 4.78 is 7.06. The monoisotopic (exact) mass is 387 g/mol. The number of ether oxygens (including phenoxy) is 1. The van der Waals surface area contributed by atoms with Crippen molar-refractivity contribution in [3.63, 3.8) is 0 Å². The van der Waals surface area contributed by atoms with Gasteiger partial charge in [-0.15, -0.1) is 0 Å². The lowest BCUT2D eigenvalue weighted by Gasteiger charge is -2.26. The standard InChI is InChI=1S/C18H25N7OS/c1-15(16-3-5-17(6-4-16)25-14-19-13-21-25)22-23-18(27)20-7-2-8-24-9-11-26-12-10-24/h3-6,13-14H,2,7-12H2,1H3,(H2,20,23,27)/b22-15+. The SMILES string of the molecule is C/C(=N\NC(=S)NCCCN1CCOCC1)c1ccc(-n2cncn2)cc1. The van der Waals surface area contributed by atoms with E-state index in [0.29, 0.717) is 5.11 Å². The molecule has 144 valence electrons. The van der Waals surface area contributed by atoms with E-state index < -0.39 is 0 Å². The van der Waals surface area contributed by atoms with Gasteiger partial charge in [0.15, 0.2) is 5.11 Å². The highest BCUT2D eigenvalue weighted by atomic mass is 32.1. The lowest BCUT2D eigenvalue weighted by atomic mass is 10.1. The average Bonchev–Trinajstić information content (AvgIpc) is 3.25. The van der Waals surface area contributed by atoms with Crippen molar-refractivity contribution in [2.75, 3.05) is 39.4 Å². The van der Waals surface area contributed by atoms with E-state index in [4.69, 9.17) is 17.0 Å². The second-order valence-electron chi connectivity index (χ2n) is 6.26. The molecule has 0 bridgehead atoms. The predicted molar refractivity (Wildman–Crippen MR) is 109 cm³/mol. The van der Waals surface area contributed by atoms with Crippen molar-refractivity contribution < 1.29 is 4.74 Å². The van der Waals surface area contributed by atoms with Crippen LogP contribution in [0.2, 0.25) is 0 Å². The summed E-state index contributed by atoms with van der Waals surface area (Å²) in [5.74, 6) is 0. The summed E-state index contributed by atoms with van der Waals surface area (Å²) in [7, 11) is 0. The smallest absolute Gasteiger partial charge is 0.186 e. The minimum Gasteiger partial charge on any atom is -0.379 e. The molecule has 1 aliphatic heterocycles. The van der Waals surface area contributed by atoms with Crippen LogP contribution < -0.4 is 10.7 Å². The Bertz CT molecular complexity index is 740. The minimum atomic E-state index is 0.538. The van der Waals surface area contributed by atoms with Crippen molar-refractivity contribution in [3.05, 3.63) is 42.5 Å². The van der Waals surface area contributed by atoms with Crippen LogP contribution in [0.4, 0.5) is 0 Å². The van der Waals surface area contributed by atoms with E-state index in [2.05, 4.69) is 30.8 Å². The summed E-state index contributed by atoms with van der Waals surface area (Å²) in [6.07, 6.45) is 4.22. The first-order chi connectivity index (χ1) is 13.2. The molecule has 8 nitrogen and oxygen atoms in total. The predicted octanol–water partition coefficient (Wildman–Crippen LogP) is 1.18. The number of aromatic nitrogens is 3. The highest BCUT2D eigenvalue weighted by molar-refractivity contribution is 7.80. The van der Waals surface area contributed by atoms with Crippen molar-refractivity contribution >= 4 is 23.0 Å². The zero-order valence-corrected chi connectivity index (χ0v) is 16.3. The minimum absolute atomic E-state index is 0.538. The van der Waals surface area contributed by atoms with Crippen LogP contribution in [-0.2, 0) is 4.74 Å². The van der Waals surface area contributed by atoms with Gasteiger partial charge in [-0.1, -0.05) is 12.1 Å². The quantitative estimate of drug-likeness (QED) is 0.320. The topological polar surface area (TPSA) is 79.6 Å². The molecule has 1 aliphatic rings. The van der Waals surface area contributed by atoms with Gasteiger partial charge < -0.3 is 10.1 Å². The molecule has 0 unspecified atom stereocenters. The highest BCUT2D eigenvalue weighted by Crippen LogP contribution is 2.08. The van der Waals surface area contributed by atoms with E-state index in [0.717, 1.165) is 62.8 Å². The summed E-state index contributed by atoms with van der Waals surface area (Å²) >= 11 is 5.29. The van der Waals surface area contributed by atoms with Gasteiger partial charge in [-0.2, -0.15) is 10.2 Å². The Balaban J connectivity index is 1.39. The van der Waals surface area contributed by atoms with Gasteiger partial charge in [0.25, 0.3) is 0 Å². The molecular weight excluding hydrogens is 362 g/mol. The van der Waals surface area contributed by atoms with Crippen molar-refractivity contribution in [1.29, 1.82) is 0 Å². The Kier molecular flexibility index (Phi) is 7.26. The Morgan fingerprint density at radius 2 is 2.04 bits per heavy atom. The van der Waals surface area contributed by atoms with E-state index in [1.54, 1.807) is 11.0 Å². The van der Waals surface area contributed by atoms with Gasteiger partial charge >= 0.3 is 0 Å². The van der Waals surface area contributed by atoms with Crippen LogP contribution in [-0.4, -0.2) is 69.9 Å². The molecule has 0 aliphatic carbocycles. The highest BCUT2D eigenvalue weighted by Gasteiger charge is 2.09. The number of nitrogens with zero attached hydrogens (tertiary/aromatic N) is 5. The number of thiocarbonyl (C=S) groups is 1. The first kappa shape index (κ1) is 19.4. The molecule has 0 saturated carbocycles. The van der Waals surface area contributed by atoms with Gasteiger partial charge in [0, 0.05) is 19.6 Å². The molecule has 1 saturated heterocycles. The molecule has 2 heterocycles.